The van der Waals surface area contributed by atoms with Crippen LogP contribution in [0.1, 0.15) is 30.9 Å². The van der Waals surface area contributed by atoms with Crippen LogP contribution in [-0.4, -0.2) is 37.1 Å². The van der Waals surface area contributed by atoms with E-state index in [1.807, 2.05) is 6.92 Å². The van der Waals surface area contributed by atoms with Crippen molar-refractivity contribution in [1.29, 1.82) is 0 Å². The number of ether oxygens (including phenoxy) is 2. The Morgan fingerprint density at radius 3 is 2.33 bits per heavy atom. The fourth-order valence-corrected chi connectivity index (χ4v) is 2.26. The van der Waals surface area contributed by atoms with Crippen molar-refractivity contribution in [3.8, 4) is 0 Å². The third-order valence-electron chi connectivity index (χ3n) is 3.18. The molecule has 0 aliphatic carbocycles. The van der Waals surface area contributed by atoms with E-state index in [1.165, 1.54) is 11.1 Å². The second-order valence-electron chi connectivity index (χ2n) is 5.17. The first kappa shape index (κ1) is 17.6. The molecule has 1 atom stereocenters. The lowest BCUT2D eigenvalue weighted by molar-refractivity contribution is -0.122. The maximum atomic E-state index is 8.36. The number of nitrogens with two attached hydrogens (primary N) is 1. The monoisotopic (exact) mass is 295 g/mol. The van der Waals surface area contributed by atoms with Crippen LogP contribution in [0, 0.1) is 0 Å². The first-order valence-corrected chi connectivity index (χ1v) is 7.30. The Morgan fingerprint density at radius 2 is 1.81 bits per heavy atom. The molecule has 1 aliphatic heterocycles. The molecule has 118 valence electrons. The summed E-state index contributed by atoms with van der Waals surface area (Å²) in [5.74, 6) is 0. The molecule has 2 rings (SSSR count). The number of benzene rings is 1. The molecule has 3 N–H and O–H groups in total. The van der Waals surface area contributed by atoms with E-state index in [0.717, 1.165) is 38.9 Å². The summed E-state index contributed by atoms with van der Waals surface area (Å²) in [5.41, 5.74) is 8.48. The molecule has 1 aromatic rings. The van der Waals surface area contributed by atoms with Gasteiger partial charge in [0.1, 0.15) is 0 Å². The standard InChI is InChI=1S/C15H23NO2.CH2O2/c1-12(16)11-14-7-5-13(6-8-14)3-2-4-15-17-9-10-18-15;2-1-3/h5-8,12,15H,2-4,9-11,16H2,1H3;1H,(H,2,3). The van der Waals surface area contributed by atoms with Gasteiger partial charge in [0, 0.05) is 6.04 Å². The van der Waals surface area contributed by atoms with Crippen molar-refractivity contribution in [1.82, 2.24) is 0 Å². The molecule has 0 aromatic heterocycles. The van der Waals surface area contributed by atoms with Crippen LogP contribution in [0.3, 0.4) is 0 Å². The Hall–Kier alpha value is -1.43. The number of carbonyl (C=O) groups is 1. The van der Waals surface area contributed by atoms with E-state index in [-0.39, 0.29) is 18.8 Å². The zero-order valence-corrected chi connectivity index (χ0v) is 12.5. The van der Waals surface area contributed by atoms with Crippen LogP contribution in [0.5, 0.6) is 0 Å². The highest BCUT2D eigenvalue weighted by Crippen LogP contribution is 2.14. The maximum absolute atomic E-state index is 8.36. The Balaban J connectivity index is 0.000000677. The summed E-state index contributed by atoms with van der Waals surface area (Å²) < 4.78 is 10.8. The number of rotatable bonds is 6. The van der Waals surface area contributed by atoms with Gasteiger partial charge in [-0.3, -0.25) is 4.79 Å². The quantitative estimate of drug-likeness (QED) is 0.784. The maximum Gasteiger partial charge on any atom is 0.290 e. The first-order chi connectivity index (χ1) is 10.2. The SMILES string of the molecule is CC(N)Cc1ccc(CCCC2OCCO2)cc1.O=CO. The third-order valence-corrected chi connectivity index (χ3v) is 3.18. The van der Waals surface area contributed by atoms with Crippen molar-refractivity contribution in [3.63, 3.8) is 0 Å². The minimum atomic E-state index is -0.250. The van der Waals surface area contributed by atoms with E-state index < -0.39 is 0 Å². The van der Waals surface area contributed by atoms with Crippen molar-refractivity contribution in [2.45, 2.75) is 44.9 Å². The van der Waals surface area contributed by atoms with Gasteiger partial charge in [-0.15, -0.1) is 0 Å². The lowest BCUT2D eigenvalue weighted by Crippen LogP contribution is -2.17. The minimum absolute atomic E-state index is 0.0300. The van der Waals surface area contributed by atoms with Crippen LogP contribution in [0.4, 0.5) is 0 Å². The zero-order chi connectivity index (χ0) is 15.5. The molecule has 5 nitrogen and oxygen atoms in total. The topological polar surface area (TPSA) is 81.8 Å². The second kappa shape index (κ2) is 10.3. The smallest absolute Gasteiger partial charge is 0.290 e. The number of hydrogen-bond donors (Lipinski definition) is 2. The van der Waals surface area contributed by atoms with Crippen LogP contribution in [0.2, 0.25) is 0 Å². The molecule has 1 aliphatic rings. The molecule has 1 saturated heterocycles. The summed E-state index contributed by atoms with van der Waals surface area (Å²) in [6.07, 6.45) is 4.16. The fraction of sp³-hybridized carbons (Fsp3) is 0.562. The van der Waals surface area contributed by atoms with Crippen molar-refractivity contribution >= 4 is 6.47 Å². The van der Waals surface area contributed by atoms with Crippen LogP contribution >= 0.6 is 0 Å². The van der Waals surface area contributed by atoms with Crippen molar-refractivity contribution in [2.24, 2.45) is 5.73 Å². The average molecular weight is 295 g/mol. The highest BCUT2D eigenvalue weighted by atomic mass is 16.7. The summed E-state index contributed by atoms with van der Waals surface area (Å²) in [6.45, 7) is 3.28. The largest absolute Gasteiger partial charge is 0.483 e. The number of carboxylic acid groups (broad SMARTS) is 1. The molecule has 0 bridgehead atoms. The summed E-state index contributed by atoms with van der Waals surface area (Å²) in [7, 11) is 0. The molecule has 21 heavy (non-hydrogen) atoms. The molecule has 5 heteroatoms. The second-order valence-corrected chi connectivity index (χ2v) is 5.17. The van der Waals surface area contributed by atoms with Crippen molar-refractivity contribution in [3.05, 3.63) is 35.4 Å². The Labute approximate surface area is 126 Å². The van der Waals surface area contributed by atoms with Gasteiger partial charge in [0.05, 0.1) is 13.2 Å². The van der Waals surface area contributed by atoms with E-state index in [4.69, 9.17) is 25.1 Å². The zero-order valence-electron chi connectivity index (χ0n) is 12.5. The third kappa shape index (κ3) is 7.80. The molecule has 0 spiro atoms. The van der Waals surface area contributed by atoms with Gasteiger partial charge in [-0.25, -0.2) is 0 Å². The molecule has 1 fully saturated rings. The van der Waals surface area contributed by atoms with E-state index >= 15 is 0 Å². The highest BCUT2D eigenvalue weighted by Gasteiger charge is 2.14. The lowest BCUT2D eigenvalue weighted by atomic mass is 10.0. The fourth-order valence-electron chi connectivity index (χ4n) is 2.26. The molecule has 0 radical (unpaired) electrons. The van der Waals surface area contributed by atoms with E-state index in [0.29, 0.717) is 0 Å². The summed E-state index contributed by atoms with van der Waals surface area (Å²) in [6, 6.07) is 9.00. The van der Waals surface area contributed by atoms with Gasteiger partial charge in [0.2, 0.25) is 0 Å². The average Bonchev–Trinajstić information content (AvgIpc) is 2.94. The lowest BCUT2D eigenvalue weighted by Gasteiger charge is -2.09. The number of hydrogen-bond acceptors (Lipinski definition) is 4. The molecular formula is C16H25NO4. The predicted molar refractivity (Wildman–Crippen MR) is 81.1 cm³/mol. The molecule has 1 unspecified atom stereocenters. The molecule has 1 heterocycles. The normalized spacial score (nSPS) is 16.1. The minimum Gasteiger partial charge on any atom is -0.483 e. The van der Waals surface area contributed by atoms with E-state index in [1.54, 1.807) is 0 Å². The van der Waals surface area contributed by atoms with Gasteiger partial charge >= 0.3 is 0 Å². The van der Waals surface area contributed by atoms with Gasteiger partial charge in [-0.05, 0) is 43.7 Å². The van der Waals surface area contributed by atoms with Crippen LogP contribution in [-0.2, 0) is 27.1 Å². The Kier molecular flexibility index (Phi) is 8.66. The molecular weight excluding hydrogens is 270 g/mol. The van der Waals surface area contributed by atoms with E-state index in [9.17, 15) is 0 Å². The summed E-state index contributed by atoms with van der Waals surface area (Å²) >= 11 is 0. The van der Waals surface area contributed by atoms with Gasteiger partial charge in [-0.1, -0.05) is 24.3 Å². The molecule has 0 amide bonds. The summed E-state index contributed by atoms with van der Waals surface area (Å²) in [5, 5.41) is 6.89. The van der Waals surface area contributed by atoms with Gasteiger partial charge in [-0.2, -0.15) is 0 Å². The molecule has 0 saturated carbocycles. The molecule has 1 aromatic carbocycles. The highest BCUT2D eigenvalue weighted by molar-refractivity contribution is 5.32. The Bertz CT molecular complexity index is 386. The van der Waals surface area contributed by atoms with Crippen molar-refractivity contribution in [2.75, 3.05) is 13.2 Å². The predicted octanol–water partition coefficient (Wildman–Crippen LogP) is 1.97. The van der Waals surface area contributed by atoms with Gasteiger partial charge in [0.25, 0.3) is 6.47 Å². The van der Waals surface area contributed by atoms with Gasteiger partial charge < -0.3 is 20.3 Å². The van der Waals surface area contributed by atoms with Crippen LogP contribution in [0.15, 0.2) is 24.3 Å². The number of aryl methyl sites for hydroxylation is 1. The Morgan fingerprint density at radius 1 is 1.29 bits per heavy atom. The van der Waals surface area contributed by atoms with Crippen LogP contribution < -0.4 is 5.73 Å². The van der Waals surface area contributed by atoms with Crippen molar-refractivity contribution < 1.29 is 19.4 Å². The first-order valence-electron chi connectivity index (χ1n) is 7.30. The van der Waals surface area contributed by atoms with E-state index in [2.05, 4.69) is 24.3 Å². The van der Waals surface area contributed by atoms with Gasteiger partial charge in [0.15, 0.2) is 6.29 Å². The summed E-state index contributed by atoms with van der Waals surface area (Å²) in [4.78, 5) is 8.36. The van der Waals surface area contributed by atoms with Crippen LogP contribution in [0.25, 0.3) is 0 Å².